The SMILES string of the molecule is O=C(O)CCCCN(CCc1ccccc1OCc1ccc(COc2ccccc2)cc1)C1CCCc2cc(C(=O)O)ccc21. The Hall–Kier alpha value is -4.62. The zero-order valence-electron chi connectivity index (χ0n) is 25.6. The molecule has 7 heteroatoms. The standard InChI is InChI=1S/C38H41NO6/c40-37(41)15-6-7-23-39(35-13-8-10-31-25-32(38(42)43)20-21-34(31)35)24-22-30-9-4-5-14-36(30)45-27-29-18-16-28(17-19-29)26-44-33-11-2-1-3-12-33/h1-5,9,11-12,14,16-21,25,35H,6-8,10,13,15,22-24,26-27H2,(H,40,41)(H,42,43). The van der Waals surface area contributed by atoms with Crippen molar-refractivity contribution in [3.05, 3.63) is 130 Å². The molecule has 1 aliphatic carbocycles. The van der Waals surface area contributed by atoms with E-state index < -0.39 is 11.9 Å². The van der Waals surface area contributed by atoms with Gasteiger partial charge in [0, 0.05) is 19.0 Å². The largest absolute Gasteiger partial charge is 0.489 e. The molecule has 45 heavy (non-hydrogen) atoms. The molecule has 4 aromatic rings. The number of rotatable bonds is 16. The van der Waals surface area contributed by atoms with Crippen molar-refractivity contribution in [1.82, 2.24) is 4.90 Å². The molecule has 0 saturated heterocycles. The van der Waals surface area contributed by atoms with Crippen LogP contribution < -0.4 is 9.47 Å². The number of aliphatic carboxylic acids is 1. The number of ether oxygens (including phenoxy) is 2. The van der Waals surface area contributed by atoms with E-state index in [4.69, 9.17) is 14.6 Å². The third kappa shape index (κ3) is 9.19. The first-order valence-corrected chi connectivity index (χ1v) is 15.7. The lowest BCUT2D eigenvalue weighted by atomic mass is 9.85. The molecule has 1 unspecified atom stereocenters. The fraction of sp³-hybridized carbons (Fsp3) is 0.316. The van der Waals surface area contributed by atoms with E-state index in [1.807, 2.05) is 60.7 Å². The normalized spacial score (nSPS) is 14.1. The van der Waals surface area contributed by atoms with Crippen LogP contribution in [0, 0.1) is 0 Å². The Bertz CT molecular complexity index is 1550. The molecule has 0 heterocycles. The number of hydrogen-bond acceptors (Lipinski definition) is 5. The summed E-state index contributed by atoms with van der Waals surface area (Å²) in [6.45, 7) is 2.53. The average Bonchev–Trinajstić information content (AvgIpc) is 3.07. The van der Waals surface area contributed by atoms with Gasteiger partial charge in [-0.2, -0.15) is 0 Å². The molecule has 4 aromatic carbocycles. The minimum Gasteiger partial charge on any atom is -0.489 e. The molecular formula is C38H41NO6. The number of fused-ring (bicyclic) bond motifs is 1. The first kappa shape index (κ1) is 31.8. The van der Waals surface area contributed by atoms with Gasteiger partial charge in [-0.05, 0) is 103 Å². The topological polar surface area (TPSA) is 96.3 Å². The number of benzene rings is 4. The Balaban J connectivity index is 1.22. The maximum absolute atomic E-state index is 11.6. The lowest BCUT2D eigenvalue weighted by Gasteiger charge is -2.36. The number of carboxylic acid groups (broad SMARTS) is 2. The van der Waals surface area contributed by atoms with E-state index in [1.54, 1.807) is 6.07 Å². The van der Waals surface area contributed by atoms with E-state index in [9.17, 15) is 14.7 Å². The quantitative estimate of drug-likeness (QED) is 0.126. The van der Waals surface area contributed by atoms with Gasteiger partial charge in [-0.25, -0.2) is 4.79 Å². The molecule has 1 aliphatic rings. The lowest BCUT2D eigenvalue weighted by molar-refractivity contribution is -0.137. The summed E-state index contributed by atoms with van der Waals surface area (Å²) in [7, 11) is 0. The number of nitrogens with zero attached hydrogens (tertiary/aromatic N) is 1. The fourth-order valence-electron chi connectivity index (χ4n) is 6.01. The van der Waals surface area contributed by atoms with Crippen molar-refractivity contribution in [3.8, 4) is 11.5 Å². The Morgan fingerprint density at radius 2 is 1.49 bits per heavy atom. The second-order valence-electron chi connectivity index (χ2n) is 11.6. The van der Waals surface area contributed by atoms with Crippen molar-refractivity contribution in [1.29, 1.82) is 0 Å². The lowest BCUT2D eigenvalue weighted by Crippen LogP contribution is -2.34. The van der Waals surface area contributed by atoms with Gasteiger partial charge in [0.15, 0.2) is 0 Å². The Morgan fingerprint density at radius 1 is 0.778 bits per heavy atom. The van der Waals surface area contributed by atoms with Gasteiger partial charge in [-0.1, -0.05) is 66.7 Å². The van der Waals surface area contributed by atoms with E-state index in [1.165, 1.54) is 5.56 Å². The molecule has 7 nitrogen and oxygen atoms in total. The van der Waals surface area contributed by atoms with E-state index in [2.05, 4.69) is 35.2 Å². The molecule has 1 atom stereocenters. The molecule has 0 amide bonds. The summed E-state index contributed by atoms with van der Waals surface area (Å²) in [5.74, 6) is 0.0254. The minimum atomic E-state index is -0.907. The highest BCUT2D eigenvalue weighted by atomic mass is 16.5. The summed E-state index contributed by atoms with van der Waals surface area (Å²) >= 11 is 0. The molecule has 0 saturated carbocycles. The average molecular weight is 608 g/mol. The van der Waals surface area contributed by atoms with Crippen LogP contribution in [0.1, 0.15) is 76.3 Å². The van der Waals surface area contributed by atoms with Crippen molar-refractivity contribution in [3.63, 3.8) is 0 Å². The third-order valence-corrected chi connectivity index (χ3v) is 8.41. The number of para-hydroxylation sites is 2. The van der Waals surface area contributed by atoms with Crippen molar-refractivity contribution in [2.24, 2.45) is 0 Å². The predicted molar refractivity (Wildman–Crippen MR) is 174 cm³/mol. The summed E-state index contributed by atoms with van der Waals surface area (Å²) in [5, 5.41) is 18.6. The van der Waals surface area contributed by atoms with Crippen molar-refractivity contribution in [2.75, 3.05) is 13.1 Å². The summed E-state index contributed by atoms with van der Waals surface area (Å²) in [6, 6.07) is 31.9. The van der Waals surface area contributed by atoms with Gasteiger partial charge < -0.3 is 19.7 Å². The van der Waals surface area contributed by atoms with Crippen LogP contribution in [0.15, 0.2) is 97.1 Å². The predicted octanol–water partition coefficient (Wildman–Crippen LogP) is 7.72. The molecule has 0 fully saturated rings. The molecule has 0 radical (unpaired) electrons. The number of aryl methyl sites for hydroxylation is 1. The third-order valence-electron chi connectivity index (χ3n) is 8.41. The molecule has 2 N–H and O–H groups in total. The summed E-state index contributed by atoms with van der Waals surface area (Å²) in [5.41, 5.74) is 5.90. The van der Waals surface area contributed by atoms with Gasteiger partial charge in [-0.3, -0.25) is 9.69 Å². The maximum atomic E-state index is 11.6. The number of hydrogen-bond donors (Lipinski definition) is 2. The highest BCUT2D eigenvalue weighted by Gasteiger charge is 2.26. The molecule has 0 aliphatic heterocycles. The Kier molecular flexibility index (Phi) is 11.2. The number of carbonyl (C=O) groups is 2. The van der Waals surface area contributed by atoms with Crippen LogP contribution in [-0.4, -0.2) is 40.1 Å². The first-order chi connectivity index (χ1) is 22.0. The smallest absolute Gasteiger partial charge is 0.335 e. The van der Waals surface area contributed by atoms with E-state index in [0.29, 0.717) is 25.2 Å². The van der Waals surface area contributed by atoms with Gasteiger partial charge in [0.1, 0.15) is 24.7 Å². The zero-order valence-corrected chi connectivity index (χ0v) is 25.6. The summed E-state index contributed by atoms with van der Waals surface area (Å²) < 4.78 is 12.2. The second-order valence-corrected chi connectivity index (χ2v) is 11.6. The van der Waals surface area contributed by atoms with Crippen LogP contribution in [0.2, 0.25) is 0 Å². The number of unbranched alkanes of at least 4 members (excludes halogenated alkanes) is 1. The van der Waals surface area contributed by atoms with E-state index in [0.717, 1.165) is 78.9 Å². The van der Waals surface area contributed by atoms with Crippen molar-refractivity contribution >= 4 is 11.9 Å². The Labute approximate surface area is 265 Å². The van der Waals surface area contributed by atoms with Crippen LogP contribution in [-0.2, 0) is 30.8 Å². The van der Waals surface area contributed by atoms with Crippen LogP contribution in [0.25, 0.3) is 0 Å². The summed E-state index contributed by atoms with van der Waals surface area (Å²) in [6.07, 6.45) is 5.21. The fourth-order valence-corrected chi connectivity index (χ4v) is 6.01. The molecule has 0 spiro atoms. The highest BCUT2D eigenvalue weighted by Crippen LogP contribution is 2.35. The number of aromatic carboxylic acids is 1. The molecular weight excluding hydrogens is 566 g/mol. The molecule has 234 valence electrons. The van der Waals surface area contributed by atoms with Crippen LogP contribution >= 0.6 is 0 Å². The van der Waals surface area contributed by atoms with E-state index in [-0.39, 0.29) is 12.5 Å². The van der Waals surface area contributed by atoms with Gasteiger partial charge in [0.2, 0.25) is 0 Å². The number of carboxylic acids is 2. The molecule has 0 aromatic heterocycles. The van der Waals surface area contributed by atoms with Crippen molar-refractivity contribution in [2.45, 2.75) is 64.2 Å². The highest BCUT2D eigenvalue weighted by molar-refractivity contribution is 5.88. The van der Waals surface area contributed by atoms with Gasteiger partial charge in [0.05, 0.1) is 5.56 Å². The van der Waals surface area contributed by atoms with Gasteiger partial charge >= 0.3 is 11.9 Å². The second kappa shape index (κ2) is 15.9. The first-order valence-electron chi connectivity index (χ1n) is 15.7. The maximum Gasteiger partial charge on any atom is 0.335 e. The minimum absolute atomic E-state index is 0.161. The Morgan fingerprint density at radius 3 is 2.22 bits per heavy atom. The van der Waals surface area contributed by atoms with Gasteiger partial charge in [0.25, 0.3) is 0 Å². The van der Waals surface area contributed by atoms with Crippen molar-refractivity contribution < 1.29 is 29.3 Å². The monoisotopic (exact) mass is 607 g/mol. The van der Waals surface area contributed by atoms with E-state index >= 15 is 0 Å². The molecule has 5 rings (SSSR count). The molecule has 0 bridgehead atoms. The zero-order chi connectivity index (χ0) is 31.4. The summed E-state index contributed by atoms with van der Waals surface area (Å²) in [4.78, 5) is 25.2. The van der Waals surface area contributed by atoms with Gasteiger partial charge in [-0.15, -0.1) is 0 Å². The van der Waals surface area contributed by atoms with Crippen LogP contribution in [0.5, 0.6) is 11.5 Å². The van der Waals surface area contributed by atoms with Crippen LogP contribution in [0.4, 0.5) is 0 Å². The van der Waals surface area contributed by atoms with Crippen LogP contribution in [0.3, 0.4) is 0 Å².